The summed E-state index contributed by atoms with van der Waals surface area (Å²) in [5.74, 6) is -0.0896. The first kappa shape index (κ1) is 16.9. The standard InChI is InChI=1S/C15H22O4S/c1-4-18-15(19-5-2)11-13(3)12-20(16,17)14-9-7-6-8-10-14/h6-10,15H,3-5,11-12H2,1-2H3. The Hall–Kier alpha value is -1.17. The van der Waals surface area contributed by atoms with Gasteiger partial charge in [0.1, 0.15) is 0 Å². The molecule has 0 atom stereocenters. The molecule has 20 heavy (non-hydrogen) atoms. The summed E-state index contributed by atoms with van der Waals surface area (Å²) in [5, 5.41) is 0. The van der Waals surface area contributed by atoms with Gasteiger partial charge in [-0.1, -0.05) is 30.4 Å². The smallest absolute Gasteiger partial charge is 0.182 e. The molecule has 0 bridgehead atoms. The van der Waals surface area contributed by atoms with Gasteiger partial charge in [0.05, 0.1) is 10.6 Å². The van der Waals surface area contributed by atoms with Crippen molar-refractivity contribution >= 4 is 9.84 Å². The van der Waals surface area contributed by atoms with E-state index in [1.54, 1.807) is 30.3 Å². The van der Waals surface area contributed by atoms with E-state index in [4.69, 9.17) is 9.47 Å². The predicted octanol–water partition coefficient (Wildman–Crippen LogP) is 2.81. The fourth-order valence-electron chi connectivity index (χ4n) is 1.81. The third-order valence-corrected chi connectivity index (χ3v) is 4.44. The molecule has 0 aromatic heterocycles. The average Bonchev–Trinajstić information content (AvgIpc) is 2.39. The molecule has 0 fully saturated rings. The lowest BCUT2D eigenvalue weighted by Crippen LogP contribution is -2.20. The zero-order valence-corrected chi connectivity index (χ0v) is 12.9. The highest BCUT2D eigenvalue weighted by molar-refractivity contribution is 7.91. The van der Waals surface area contributed by atoms with Crippen LogP contribution in [-0.2, 0) is 19.3 Å². The normalized spacial score (nSPS) is 11.8. The highest BCUT2D eigenvalue weighted by Crippen LogP contribution is 2.16. The molecule has 0 amide bonds. The molecule has 0 aliphatic rings. The summed E-state index contributed by atoms with van der Waals surface area (Å²) in [6.07, 6.45) is -0.0447. The topological polar surface area (TPSA) is 52.6 Å². The maximum absolute atomic E-state index is 12.2. The average molecular weight is 298 g/mol. The van der Waals surface area contributed by atoms with E-state index >= 15 is 0 Å². The minimum absolute atomic E-state index is 0.0896. The highest BCUT2D eigenvalue weighted by Gasteiger charge is 2.18. The van der Waals surface area contributed by atoms with Crippen LogP contribution in [0.4, 0.5) is 0 Å². The van der Waals surface area contributed by atoms with E-state index in [-0.39, 0.29) is 5.75 Å². The molecule has 0 saturated carbocycles. The zero-order valence-electron chi connectivity index (χ0n) is 12.0. The van der Waals surface area contributed by atoms with Crippen LogP contribution in [-0.4, -0.2) is 33.7 Å². The van der Waals surface area contributed by atoms with Crippen LogP contribution >= 0.6 is 0 Å². The fourth-order valence-corrected chi connectivity index (χ4v) is 3.21. The van der Waals surface area contributed by atoms with E-state index < -0.39 is 16.1 Å². The lowest BCUT2D eigenvalue weighted by molar-refractivity contribution is -0.134. The molecule has 5 heteroatoms. The van der Waals surface area contributed by atoms with Gasteiger partial charge in [-0.3, -0.25) is 0 Å². The Balaban J connectivity index is 2.65. The van der Waals surface area contributed by atoms with Gasteiger partial charge < -0.3 is 9.47 Å². The van der Waals surface area contributed by atoms with Crippen molar-refractivity contribution in [3.63, 3.8) is 0 Å². The van der Waals surface area contributed by atoms with E-state index in [0.29, 0.717) is 30.1 Å². The van der Waals surface area contributed by atoms with Gasteiger partial charge in [-0.25, -0.2) is 8.42 Å². The van der Waals surface area contributed by atoms with Crippen molar-refractivity contribution in [2.24, 2.45) is 0 Å². The molecule has 112 valence electrons. The summed E-state index contributed by atoms with van der Waals surface area (Å²) in [5.41, 5.74) is 0.584. The summed E-state index contributed by atoms with van der Waals surface area (Å²) in [6.45, 7) is 8.61. The van der Waals surface area contributed by atoms with E-state index in [1.807, 2.05) is 13.8 Å². The molecule has 1 rings (SSSR count). The number of ether oxygens (including phenoxy) is 2. The number of benzene rings is 1. The number of sulfone groups is 1. The number of hydrogen-bond acceptors (Lipinski definition) is 4. The Kier molecular flexibility index (Phi) is 6.91. The van der Waals surface area contributed by atoms with Crippen LogP contribution in [0.1, 0.15) is 20.3 Å². The second kappa shape index (κ2) is 8.19. The molecule has 0 saturated heterocycles. The SMILES string of the molecule is C=C(CC(OCC)OCC)CS(=O)(=O)c1ccccc1. The van der Waals surface area contributed by atoms with Gasteiger partial charge in [0.15, 0.2) is 16.1 Å². The summed E-state index contributed by atoms with van der Waals surface area (Å²) >= 11 is 0. The molecular formula is C15H22O4S. The van der Waals surface area contributed by atoms with Crippen LogP contribution in [0.25, 0.3) is 0 Å². The van der Waals surface area contributed by atoms with E-state index in [1.165, 1.54) is 0 Å². The molecule has 0 heterocycles. The van der Waals surface area contributed by atoms with E-state index in [0.717, 1.165) is 0 Å². The first-order valence-electron chi connectivity index (χ1n) is 6.67. The Bertz CT molecular complexity index is 502. The van der Waals surface area contributed by atoms with Crippen molar-refractivity contribution in [3.8, 4) is 0 Å². The molecular weight excluding hydrogens is 276 g/mol. The van der Waals surface area contributed by atoms with Crippen molar-refractivity contribution in [1.82, 2.24) is 0 Å². The van der Waals surface area contributed by atoms with Crippen LogP contribution < -0.4 is 0 Å². The summed E-state index contributed by atoms with van der Waals surface area (Å²) in [4.78, 5) is 0.311. The van der Waals surface area contributed by atoms with Crippen molar-refractivity contribution in [1.29, 1.82) is 0 Å². The predicted molar refractivity (Wildman–Crippen MR) is 79.3 cm³/mol. The molecule has 4 nitrogen and oxygen atoms in total. The number of hydrogen-bond donors (Lipinski definition) is 0. The van der Waals surface area contributed by atoms with Crippen molar-refractivity contribution in [2.75, 3.05) is 19.0 Å². The monoisotopic (exact) mass is 298 g/mol. The fraction of sp³-hybridized carbons (Fsp3) is 0.467. The lowest BCUT2D eigenvalue weighted by Gasteiger charge is -2.18. The molecule has 0 radical (unpaired) electrons. The van der Waals surface area contributed by atoms with Gasteiger partial charge in [-0.15, -0.1) is 0 Å². The van der Waals surface area contributed by atoms with E-state index in [9.17, 15) is 8.42 Å². The quantitative estimate of drug-likeness (QED) is 0.519. The maximum atomic E-state index is 12.2. The molecule has 0 spiro atoms. The highest BCUT2D eigenvalue weighted by atomic mass is 32.2. The van der Waals surface area contributed by atoms with Crippen molar-refractivity contribution in [2.45, 2.75) is 31.5 Å². The van der Waals surface area contributed by atoms with Gasteiger partial charge in [0.25, 0.3) is 0 Å². The minimum atomic E-state index is -3.35. The third-order valence-electron chi connectivity index (χ3n) is 2.66. The molecule has 0 N–H and O–H groups in total. The largest absolute Gasteiger partial charge is 0.353 e. The molecule has 0 aliphatic heterocycles. The zero-order chi connectivity index (χ0) is 15.0. The summed E-state index contributed by atoms with van der Waals surface area (Å²) in [6, 6.07) is 8.38. The molecule has 0 aliphatic carbocycles. The first-order valence-corrected chi connectivity index (χ1v) is 8.32. The first-order chi connectivity index (χ1) is 9.49. The summed E-state index contributed by atoms with van der Waals surface area (Å²) < 4.78 is 35.2. The minimum Gasteiger partial charge on any atom is -0.353 e. The van der Waals surface area contributed by atoms with Crippen LogP contribution in [0.15, 0.2) is 47.4 Å². The van der Waals surface area contributed by atoms with Crippen LogP contribution in [0.3, 0.4) is 0 Å². The van der Waals surface area contributed by atoms with Gasteiger partial charge in [-0.05, 0) is 26.0 Å². The molecule has 1 aromatic carbocycles. The van der Waals surface area contributed by atoms with Crippen LogP contribution in [0, 0.1) is 0 Å². The third kappa shape index (κ3) is 5.45. The Labute approximate surface area is 121 Å². The van der Waals surface area contributed by atoms with Gasteiger partial charge >= 0.3 is 0 Å². The van der Waals surface area contributed by atoms with Gasteiger partial charge in [0, 0.05) is 19.6 Å². The summed E-state index contributed by atoms with van der Waals surface area (Å²) in [7, 11) is -3.35. The second-order valence-electron chi connectivity index (χ2n) is 4.37. The Morgan fingerprint density at radius 2 is 1.70 bits per heavy atom. The van der Waals surface area contributed by atoms with Crippen molar-refractivity contribution < 1.29 is 17.9 Å². The maximum Gasteiger partial charge on any atom is 0.182 e. The van der Waals surface area contributed by atoms with Crippen molar-refractivity contribution in [3.05, 3.63) is 42.5 Å². The van der Waals surface area contributed by atoms with Gasteiger partial charge in [-0.2, -0.15) is 0 Å². The Morgan fingerprint density at radius 1 is 1.15 bits per heavy atom. The molecule has 1 aromatic rings. The van der Waals surface area contributed by atoms with Crippen LogP contribution in [0.5, 0.6) is 0 Å². The molecule has 0 unspecified atom stereocenters. The van der Waals surface area contributed by atoms with Gasteiger partial charge in [0.2, 0.25) is 0 Å². The Morgan fingerprint density at radius 3 is 2.20 bits per heavy atom. The second-order valence-corrected chi connectivity index (χ2v) is 6.36. The van der Waals surface area contributed by atoms with E-state index in [2.05, 4.69) is 6.58 Å². The number of rotatable bonds is 9. The van der Waals surface area contributed by atoms with Crippen LogP contribution in [0.2, 0.25) is 0 Å². The lowest BCUT2D eigenvalue weighted by atomic mass is 10.2.